The van der Waals surface area contributed by atoms with Crippen LogP contribution in [0.3, 0.4) is 0 Å². The first-order valence-corrected chi connectivity index (χ1v) is 10.6. The van der Waals surface area contributed by atoms with Crippen molar-refractivity contribution in [2.24, 2.45) is 0 Å². The predicted octanol–water partition coefficient (Wildman–Crippen LogP) is 4.03. The van der Waals surface area contributed by atoms with Crippen molar-refractivity contribution in [1.29, 1.82) is 0 Å². The van der Waals surface area contributed by atoms with Crippen LogP contribution in [0.5, 0.6) is 0 Å². The zero-order chi connectivity index (χ0) is 21.0. The van der Waals surface area contributed by atoms with Crippen LogP contribution in [-0.4, -0.2) is 35.2 Å². The van der Waals surface area contributed by atoms with Crippen LogP contribution in [-0.2, 0) is 16.7 Å². The minimum atomic E-state index is -0.0762. The van der Waals surface area contributed by atoms with Crippen molar-refractivity contribution >= 4 is 5.91 Å². The van der Waals surface area contributed by atoms with Crippen molar-refractivity contribution in [3.63, 3.8) is 0 Å². The number of ether oxygens (including phenoxy) is 1. The lowest BCUT2D eigenvalue weighted by Gasteiger charge is -2.38. The van der Waals surface area contributed by atoms with Crippen LogP contribution >= 0.6 is 0 Å². The van der Waals surface area contributed by atoms with Gasteiger partial charge in [-0.15, -0.1) is 0 Å². The number of hydrogen-bond donors (Lipinski definition) is 1. The van der Waals surface area contributed by atoms with Crippen LogP contribution in [0.4, 0.5) is 0 Å². The molecule has 4 rings (SSSR count). The van der Waals surface area contributed by atoms with Gasteiger partial charge in [-0.25, -0.2) is 4.98 Å². The summed E-state index contributed by atoms with van der Waals surface area (Å²) < 4.78 is 7.69. The highest BCUT2D eigenvalue weighted by Gasteiger charge is 2.34. The number of nitrogens with zero attached hydrogens (tertiary/aromatic N) is 2. The molecule has 5 heteroatoms. The molecule has 1 amide bonds. The summed E-state index contributed by atoms with van der Waals surface area (Å²) in [6.45, 7) is 6.85. The number of imidazole rings is 1. The SMILES string of the molecule is Cc1ccc(C2(CNC(=O)c3cccc(Cn4ccnc4C)c3)CCOCC2)cc1. The van der Waals surface area contributed by atoms with Gasteiger partial charge in [-0.1, -0.05) is 42.0 Å². The third-order valence-electron chi connectivity index (χ3n) is 6.17. The van der Waals surface area contributed by atoms with Crippen LogP contribution in [0.15, 0.2) is 60.9 Å². The number of rotatable bonds is 6. The minimum absolute atomic E-state index is 0.0304. The smallest absolute Gasteiger partial charge is 0.251 e. The van der Waals surface area contributed by atoms with Gasteiger partial charge in [0.2, 0.25) is 0 Å². The molecule has 0 bridgehead atoms. The fraction of sp³-hybridized carbons (Fsp3) is 0.360. The van der Waals surface area contributed by atoms with Gasteiger partial charge in [0.1, 0.15) is 5.82 Å². The Hall–Kier alpha value is -2.92. The topological polar surface area (TPSA) is 56.2 Å². The Balaban J connectivity index is 1.48. The number of nitrogens with one attached hydrogen (secondary N) is 1. The van der Waals surface area contributed by atoms with E-state index in [-0.39, 0.29) is 11.3 Å². The largest absolute Gasteiger partial charge is 0.381 e. The van der Waals surface area contributed by atoms with E-state index < -0.39 is 0 Å². The molecule has 2 heterocycles. The Morgan fingerprint density at radius 3 is 2.60 bits per heavy atom. The third kappa shape index (κ3) is 4.46. The molecular weight excluding hydrogens is 374 g/mol. The zero-order valence-corrected chi connectivity index (χ0v) is 17.7. The van der Waals surface area contributed by atoms with Crippen molar-refractivity contribution in [3.8, 4) is 0 Å². The fourth-order valence-corrected chi connectivity index (χ4v) is 4.17. The highest BCUT2D eigenvalue weighted by molar-refractivity contribution is 5.94. The molecule has 5 nitrogen and oxygen atoms in total. The summed E-state index contributed by atoms with van der Waals surface area (Å²) in [7, 11) is 0. The van der Waals surface area contributed by atoms with E-state index in [9.17, 15) is 4.79 Å². The molecule has 1 aliphatic heterocycles. The number of benzene rings is 2. The molecule has 0 radical (unpaired) electrons. The highest BCUT2D eigenvalue weighted by atomic mass is 16.5. The molecule has 0 atom stereocenters. The van der Waals surface area contributed by atoms with Gasteiger partial charge < -0.3 is 14.6 Å². The lowest BCUT2D eigenvalue weighted by Crippen LogP contribution is -2.44. The van der Waals surface area contributed by atoms with Crippen molar-refractivity contribution < 1.29 is 9.53 Å². The van der Waals surface area contributed by atoms with E-state index in [0.29, 0.717) is 18.7 Å². The van der Waals surface area contributed by atoms with Crippen LogP contribution in [0.25, 0.3) is 0 Å². The predicted molar refractivity (Wildman–Crippen MR) is 118 cm³/mol. The number of hydrogen-bond acceptors (Lipinski definition) is 3. The van der Waals surface area contributed by atoms with E-state index in [0.717, 1.165) is 37.4 Å². The van der Waals surface area contributed by atoms with Gasteiger partial charge in [-0.3, -0.25) is 4.79 Å². The van der Waals surface area contributed by atoms with Crippen LogP contribution in [0.2, 0.25) is 0 Å². The number of amides is 1. The zero-order valence-electron chi connectivity index (χ0n) is 17.7. The molecule has 2 aromatic carbocycles. The second kappa shape index (κ2) is 8.84. The fourth-order valence-electron chi connectivity index (χ4n) is 4.17. The molecular formula is C25H29N3O2. The Morgan fingerprint density at radius 2 is 1.90 bits per heavy atom. The molecule has 30 heavy (non-hydrogen) atoms. The third-order valence-corrected chi connectivity index (χ3v) is 6.17. The van der Waals surface area contributed by atoms with Gasteiger partial charge in [0.05, 0.1) is 0 Å². The molecule has 0 aliphatic carbocycles. The maximum Gasteiger partial charge on any atom is 0.251 e. The first-order chi connectivity index (χ1) is 14.6. The van der Waals surface area contributed by atoms with Gasteiger partial charge in [-0.05, 0) is 49.9 Å². The first kappa shape index (κ1) is 20.4. The lowest BCUT2D eigenvalue weighted by molar-refractivity contribution is 0.0487. The molecule has 1 N–H and O–H groups in total. The molecule has 0 spiro atoms. The monoisotopic (exact) mass is 403 g/mol. The molecule has 0 saturated carbocycles. The lowest BCUT2D eigenvalue weighted by atomic mass is 9.74. The Morgan fingerprint density at radius 1 is 1.13 bits per heavy atom. The Kier molecular flexibility index (Phi) is 6.00. The van der Waals surface area contributed by atoms with Crippen molar-refractivity contribution in [2.75, 3.05) is 19.8 Å². The van der Waals surface area contributed by atoms with Crippen molar-refractivity contribution in [3.05, 3.63) is 89.0 Å². The van der Waals surface area contributed by atoms with Crippen LogP contribution in [0.1, 0.15) is 45.7 Å². The summed E-state index contributed by atoms with van der Waals surface area (Å²) in [5.74, 6) is 0.932. The number of carbonyl (C=O) groups is 1. The Labute approximate surface area is 178 Å². The van der Waals surface area contributed by atoms with E-state index in [1.54, 1.807) is 6.20 Å². The summed E-state index contributed by atoms with van der Waals surface area (Å²) in [6.07, 6.45) is 5.58. The minimum Gasteiger partial charge on any atom is -0.381 e. The van der Waals surface area contributed by atoms with Crippen LogP contribution < -0.4 is 5.32 Å². The normalized spacial score (nSPS) is 15.7. The van der Waals surface area contributed by atoms with Gasteiger partial charge in [-0.2, -0.15) is 0 Å². The first-order valence-electron chi connectivity index (χ1n) is 10.6. The van der Waals surface area contributed by atoms with Crippen molar-refractivity contribution in [1.82, 2.24) is 14.9 Å². The van der Waals surface area contributed by atoms with Gasteiger partial charge in [0, 0.05) is 49.7 Å². The van der Waals surface area contributed by atoms with E-state index in [4.69, 9.17) is 4.74 Å². The number of carbonyl (C=O) groups excluding carboxylic acids is 1. The molecule has 1 aromatic heterocycles. The number of aromatic nitrogens is 2. The second-order valence-corrected chi connectivity index (χ2v) is 8.24. The van der Waals surface area contributed by atoms with Gasteiger partial charge in [0.25, 0.3) is 5.91 Å². The average Bonchev–Trinajstić information content (AvgIpc) is 3.17. The molecule has 1 saturated heterocycles. The molecule has 156 valence electrons. The van der Waals surface area contributed by atoms with E-state index in [1.807, 2.05) is 37.4 Å². The summed E-state index contributed by atoms with van der Waals surface area (Å²) >= 11 is 0. The van der Waals surface area contributed by atoms with Gasteiger partial charge in [0.15, 0.2) is 0 Å². The molecule has 0 unspecified atom stereocenters. The van der Waals surface area contributed by atoms with Crippen molar-refractivity contribution in [2.45, 2.75) is 38.6 Å². The molecule has 1 fully saturated rings. The summed E-state index contributed by atoms with van der Waals surface area (Å²) in [5, 5.41) is 3.21. The summed E-state index contributed by atoms with van der Waals surface area (Å²) in [6, 6.07) is 16.5. The Bertz CT molecular complexity index is 1000. The average molecular weight is 404 g/mol. The number of aryl methyl sites for hydroxylation is 2. The summed E-state index contributed by atoms with van der Waals surface area (Å²) in [5.41, 5.74) is 4.23. The molecule has 3 aromatic rings. The quantitative estimate of drug-likeness (QED) is 0.676. The van der Waals surface area contributed by atoms with E-state index in [1.165, 1.54) is 11.1 Å². The van der Waals surface area contributed by atoms with Gasteiger partial charge >= 0.3 is 0 Å². The second-order valence-electron chi connectivity index (χ2n) is 8.24. The van der Waals surface area contributed by atoms with E-state index >= 15 is 0 Å². The summed E-state index contributed by atoms with van der Waals surface area (Å²) in [4.78, 5) is 17.2. The highest BCUT2D eigenvalue weighted by Crippen LogP contribution is 2.34. The maximum atomic E-state index is 13.0. The standard InChI is InChI=1S/C25H29N3O2/c1-19-6-8-23(9-7-19)25(10-14-30-15-11-25)18-27-24(29)22-5-3-4-21(16-22)17-28-13-12-26-20(28)2/h3-9,12-13,16H,10-11,14-15,17-18H2,1-2H3,(H,27,29). The van der Waals surface area contributed by atoms with Crippen LogP contribution in [0, 0.1) is 13.8 Å². The molecule has 1 aliphatic rings. The van der Waals surface area contributed by atoms with E-state index in [2.05, 4.69) is 46.1 Å². The maximum absolute atomic E-state index is 13.0.